The average molecular weight is 353 g/mol. The summed E-state index contributed by atoms with van der Waals surface area (Å²) >= 11 is 7.41. The van der Waals surface area contributed by atoms with Gasteiger partial charge in [0.25, 0.3) is 0 Å². The third-order valence-corrected chi connectivity index (χ3v) is 4.52. The number of ketones is 1. The highest BCUT2D eigenvalue weighted by atomic mass is 35.5. The summed E-state index contributed by atoms with van der Waals surface area (Å²) in [7, 11) is 0. The highest BCUT2D eigenvalue weighted by Gasteiger charge is 2.13. The summed E-state index contributed by atoms with van der Waals surface area (Å²) in [5.74, 6) is 6.23. The van der Waals surface area contributed by atoms with Crippen LogP contribution in [0.15, 0.2) is 48.9 Å². The van der Waals surface area contributed by atoms with Gasteiger partial charge >= 0.3 is 0 Å². The lowest BCUT2D eigenvalue weighted by molar-refractivity contribution is 0.0988. The van der Waals surface area contributed by atoms with Gasteiger partial charge in [-0.1, -0.05) is 30.4 Å². The first-order chi connectivity index (χ1) is 11.7. The minimum absolute atomic E-state index is 0.0872. The van der Waals surface area contributed by atoms with E-state index in [1.165, 1.54) is 11.3 Å². The van der Waals surface area contributed by atoms with E-state index < -0.39 is 0 Å². The number of aromatic nitrogens is 2. The van der Waals surface area contributed by atoms with Crippen molar-refractivity contribution in [2.45, 2.75) is 13.3 Å². The Kier molecular flexibility index (Phi) is 5.05. The van der Waals surface area contributed by atoms with E-state index in [1.807, 2.05) is 25.1 Å². The molecule has 0 aromatic carbocycles. The zero-order valence-electron chi connectivity index (χ0n) is 12.9. The SMILES string of the molecule is CCC(=O)c1cccnc1-c1ccc(C#Cc2cncc(Cl)c2)s1. The Morgan fingerprint density at radius 1 is 1.25 bits per heavy atom. The average Bonchev–Trinajstić information content (AvgIpc) is 3.08. The highest BCUT2D eigenvalue weighted by Crippen LogP contribution is 2.29. The van der Waals surface area contributed by atoms with E-state index in [-0.39, 0.29) is 5.78 Å². The van der Waals surface area contributed by atoms with Gasteiger partial charge in [0.15, 0.2) is 5.78 Å². The number of hydrogen-bond donors (Lipinski definition) is 0. The van der Waals surface area contributed by atoms with Crippen molar-refractivity contribution >= 4 is 28.7 Å². The molecule has 5 heteroatoms. The molecule has 0 saturated carbocycles. The molecule has 0 spiro atoms. The van der Waals surface area contributed by atoms with Crippen LogP contribution in [0.5, 0.6) is 0 Å². The first-order valence-corrected chi connectivity index (χ1v) is 8.58. The van der Waals surface area contributed by atoms with Gasteiger partial charge in [-0.3, -0.25) is 14.8 Å². The van der Waals surface area contributed by atoms with Crippen molar-refractivity contribution in [1.29, 1.82) is 0 Å². The number of hydrogen-bond acceptors (Lipinski definition) is 4. The van der Waals surface area contributed by atoms with Crippen LogP contribution in [0.1, 0.15) is 34.1 Å². The third kappa shape index (κ3) is 3.70. The molecule has 3 aromatic rings. The van der Waals surface area contributed by atoms with Crippen LogP contribution in [0.25, 0.3) is 10.6 Å². The second kappa shape index (κ2) is 7.39. The van der Waals surface area contributed by atoms with E-state index >= 15 is 0 Å². The van der Waals surface area contributed by atoms with Gasteiger partial charge in [-0.15, -0.1) is 11.3 Å². The van der Waals surface area contributed by atoms with Crippen molar-refractivity contribution in [3.8, 4) is 22.4 Å². The van der Waals surface area contributed by atoms with Gasteiger partial charge in [-0.25, -0.2) is 0 Å². The van der Waals surface area contributed by atoms with E-state index in [4.69, 9.17) is 11.6 Å². The molecule has 0 aliphatic heterocycles. The lowest BCUT2D eigenvalue weighted by Gasteiger charge is -2.03. The van der Waals surface area contributed by atoms with E-state index in [0.29, 0.717) is 22.7 Å². The largest absolute Gasteiger partial charge is 0.294 e. The molecule has 0 fully saturated rings. The summed E-state index contributed by atoms with van der Waals surface area (Å²) in [5.41, 5.74) is 2.13. The van der Waals surface area contributed by atoms with Crippen molar-refractivity contribution in [1.82, 2.24) is 9.97 Å². The van der Waals surface area contributed by atoms with Gasteiger partial charge in [-0.05, 0) is 30.3 Å². The second-order valence-corrected chi connectivity index (χ2v) is 6.50. The fourth-order valence-corrected chi connectivity index (χ4v) is 3.21. The third-order valence-electron chi connectivity index (χ3n) is 3.30. The molecule has 3 rings (SSSR count). The van der Waals surface area contributed by atoms with Gasteiger partial charge < -0.3 is 0 Å². The van der Waals surface area contributed by atoms with E-state index in [2.05, 4.69) is 21.8 Å². The molecule has 118 valence electrons. The highest BCUT2D eigenvalue weighted by molar-refractivity contribution is 7.16. The monoisotopic (exact) mass is 352 g/mol. The van der Waals surface area contributed by atoms with Crippen molar-refractivity contribution < 1.29 is 4.79 Å². The molecule has 0 bridgehead atoms. The molecule has 0 amide bonds. The quantitative estimate of drug-likeness (QED) is 0.500. The van der Waals surface area contributed by atoms with Crippen molar-refractivity contribution in [3.05, 3.63) is 69.9 Å². The number of carbonyl (C=O) groups excluding carboxylic acids is 1. The molecular weight excluding hydrogens is 340 g/mol. The summed E-state index contributed by atoms with van der Waals surface area (Å²) in [6, 6.07) is 9.25. The Balaban J connectivity index is 1.91. The summed E-state index contributed by atoms with van der Waals surface area (Å²) in [5, 5.41) is 0.560. The second-order valence-electron chi connectivity index (χ2n) is 4.98. The molecule has 3 nitrogen and oxygen atoms in total. The predicted molar refractivity (Wildman–Crippen MR) is 97.4 cm³/mol. The Morgan fingerprint density at radius 2 is 2.12 bits per heavy atom. The fourth-order valence-electron chi connectivity index (χ4n) is 2.16. The molecule has 3 aromatic heterocycles. The molecule has 0 aliphatic carbocycles. The maximum Gasteiger partial charge on any atom is 0.164 e. The normalized spacial score (nSPS) is 10.1. The lowest BCUT2D eigenvalue weighted by Crippen LogP contribution is -2.00. The fraction of sp³-hybridized carbons (Fsp3) is 0.105. The molecule has 24 heavy (non-hydrogen) atoms. The van der Waals surface area contributed by atoms with Crippen LogP contribution in [0.4, 0.5) is 0 Å². The molecule has 0 radical (unpaired) electrons. The maximum atomic E-state index is 12.1. The van der Waals surface area contributed by atoms with Crippen molar-refractivity contribution in [2.24, 2.45) is 0 Å². The Morgan fingerprint density at radius 3 is 2.92 bits per heavy atom. The van der Waals surface area contributed by atoms with Crippen LogP contribution in [-0.2, 0) is 0 Å². The van der Waals surface area contributed by atoms with E-state index in [0.717, 1.165) is 15.3 Å². The van der Waals surface area contributed by atoms with Crippen LogP contribution in [0.2, 0.25) is 5.02 Å². The Hall–Kier alpha value is -2.48. The number of pyridine rings is 2. The van der Waals surface area contributed by atoms with Crippen LogP contribution < -0.4 is 0 Å². The molecular formula is C19H13ClN2OS. The first kappa shape index (κ1) is 16.4. The zero-order chi connectivity index (χ0) is 16.9. The topological polar surface area (TPSA) is 42.9 Å². The minimum Gasteiger partial charge on any atom is -0.294 e. The molecule has 0 unspecified atom stereocenters. The number of rotatable bonds is 3. The number of carbonyl (C=O) groups is 1. The Bertz CT molecular complexity index is 953. The van der Waals surface area contributed by atoms with Crippen molar-refractivity contribution in [2.75, 3.05) is 0 Å². The van der Waals surface area contributed by atoms with Crippen LogP contribution in [0, 0.1) is 11.8 Å². The van der Waals surface area contributed by atoms with Crippen LogP contribution >= 0.6 is 22.9 Å². The van der Waals surface area contributed by atoms with E-state index in [1.54, 1.807) is 30.7 Å². The van der Waals surface area contributed by atoms with Gasteiger partial charge in [0, 0.05) is 36.1 Å². The molecule has 0 saturated heterocycles. The number of thiophene rings is 1. The first-order valence-electron chi connectivity index (χ1n) is 7.38. The molecule has 3 heterocycles. The molecule has 0 aliphatic rings. The number of nitrogens with zero attached hydrogens (tertiary/aromatic N) is 2. The van der Waals surface area contributed by atoms with Gasteiger partial charge in [0.1, 0.15) is 0 Å². The smallest absolute Gasteiger partial charge is 0.164 e. The number of Topliss-reactive ketones (excluding diaryl/α,β-unsaturated/α-hetero) is 1. The number of halogens is 1. The summed E-state index contributed by atoms with van der Waals surface area (Å²) in [4.78, 5) is 22.3. The maximum absolute atomic E-state index is 12.1. The summed E-state index contributed by atoms with van der Waals surface area (Å²) in [6.07, 6.45) is 5.40. The summed E-state index contributed by atoms with van der Waals surface area (Å²) < 4.78 is 0. The predicted octanol–water partition coefficient (Wildman–Crippen LogP) is 4.85. The van der Waals surface area contributed by atoms with Crippen LogP contribution in [0.3, 0.4) is 0 Å². The lowest BCUT2D eigenvalue weighted by atomic mass is 10.1. The van der Waals surface area contributed by atoms with Crippen LogP contribution in [-0.4, -0.2) is 15.8 Å². The van der Waals surface area contributed by atoms with Gasteiger partial charge in [0.05, 0.1) is 20.5 Å². The summed E-state index contributed by atoms with van der Waals surface area (Å²) in [6.45, 7) is 1.85. The zero-order valence-corrected chi connectivity index (χ0v) is 14.5. The molecule has 0 N–H and O–H groups in total. The Labute approximate surface area is 149 Å². The van der Waals surface area contributed by atoms with Gasteiger partial charge in [0.2, 0.25) is 0 Å². The molecule has 0 atom stereocenters. The van der Waals surface area contributed by atoms with E-state index in [9.17, 15) is 4.79 Å². The van der Waals surface area contributed by atoms with Gasteiger partial charge in [-0.2, -0.15) is 0 Å². The minimum atomic E-state index is 0.0872. The van der Waals surface area contributed by atoms with Crippen molar-refractivity contribution in [3.63, 3.8) is 0 Å². The standard InChI is InChI=1S/C19H13ClN2OS/c1-2-17(23)16-4-3-9-22-19(16)18-8-7-15(24-18)6-5-13-10-14(20)12-21-11-13/h3-4,7-12H,2H2,1H3.